The molecule has 0 fully saturated rings. The number of aromatic nitrogens is 1. The second kappa shape index (κ2) is 7.29. The maximum Gasteiger partial charge on any atom is 0.416 e. The Hall–Kier alpha value is -1.64. The number of thiazole rings is 1. The topological polar surface area (TPSA) is 54.2 Å². The molecule has 0 unspecified atom stereocenters. The molecule has 126 valence electrons. The van der Waals surface area contributed by atoms with Crippen LogP contribution in [0.4, 0.5) is 18.3 Å². The standard InChI is InChI=1S/C15H19F3N4S/c1-20-7-8-22(2)9-12-13(23-14(19)21-12)10-3-5-11(6-4-10)15(16,17)18/h3-6,20H,7-9H2,1-2H3,(H2,19,21). The number of nitrogens with one attached hydrogen (secondary N) is 1. The van der Waals surface area contributed by atoms with E-state index in [9.17, 15) is 13.2 Å². The van der Waals surface area contributed by atoms with Gasteiger partial charge in [-0.3, -0.25) is 4.90 Å². The molecule has 0 spiro atoms. The number of halogens is 3. The van der Waals surface area contributed by atoms with Crippen LogP contribution in [0.3, 0.4) is 0 Å². The molecule has 23 heavy (non-hydrogen) atoms. The van der Waals surface area contributed by atoms with Crippen LogP contribution in [0.1, 0.15) is 11.3 Å². The van der Waals surface area contributed by atoms with Crippen molar-refractivity contribution in [3.05, 3.63) is 35.5 Å². The third-order valence-corrected chi connectivity index (χ3v) is 4.33. The van der Waals surface area contributed by atoms with E-state index in [4.69, 9.17) is 5.73 Å². The second-order valence-electron chi connectivity index (χ2n) is 5.24. The SMILES string of the molecule is CNCCN(C)Cc1nc(N)sc1-c1ccc(C(F)(F)F)cc1. The van der Waals surface area contributed by atoms with Gasteiger partial charge in [-0.25, -0.2) is 4.98 Å². The Morgan fingerprint density at radius 2 is 1.91 bits per heavy atom. The van der Waals surface area contributed by atoms with Crippen molar-refractivity contribution in [2.75, 3.05) is 32.9 Å². The van der Waals surface area contributed by atoms with E-state index in [1.54, 1.807) is 0 Å². The van der Waals surface area contributed by atoms with Gasteiger partial charge in [-0.2, -0.15) is 13.2 Å². The van der Waals surface area contributed by atoms with E-state index in [0.29, 0.717) is 17.2 Å². The molecule has 0 aliphatic carbocycles. The molecule has 0 radical (unpaired) electrons. The fourth-order valence-electron chi connectivity index (χ4n) is 2.15. The highest BCUT2D eigenvalue weighted by molar-refractivity contribution is 7.18. The Balaban J connectivity index is 2.22. The molecule has 3 N–H and O–H groups in total. The molecule has 0 saturated heterocycles. The van der Waals surface area contributed by atoms with Gasteiger partial charge < -0.3 is 11.1 Å². The zero-order valence-electron chi connectivity index (χ0n) is 12.9. The number of nitrogen functional groups attached to an aromatic ring is 1. The number of alkyl halides is 3. The van der Waals surface area contributed by atoms with Crippen molar-refractivity contribution < 1.29 is 13.2 Å². The van der Waals surface area contributed by atoms with Gasteiger partial charge in [0, 0.05) is 19.6 Å². The number of likely N-dealkylation sites (N-methyl/N-ethyl adjacent to an activating group) is 2. The molecule has 1 aromatic carbocycles. The van der Waals surface area contributed by atoms with Crippen LogP contribution in [0.15, 0.2) is 24.3 Å². The van der Waals surface area contributed by atoms with E-state index >= 15 is 0 Å². The number of nitrogens with two attached hydrogens (primary N) is 1. The quantitative estimate of drug-likeness (QED) is 0.846. The number of benzene rings is 1. The first-order valence-corrected chi connectivity index (χ1v) is 7.89. The Bertz CT molecular complexity index is 637. The Labute approximate surface area is 137 Å². The minimum absolute atomic E-state index is 0.414. The first kappa shape index (κ1) is 17.7. The zero-order valence-corrected chi connectivity index (χ0v) is 13.8. The Morgan fingerprint density at radius 3 is 2.48 bits per heavy atom. The van der Waals surface area contributed by atoms with Crippen molar-refractivity contribution in [2.45, 2.75) is 12.7 Å². The lowest BCUT2D eigenvalue weighted by Gasteiger charge is -2.16. The van der Waals surface area contributed by atoms with Crippen LogP contribution >= 0.6 is 11.3 Å². The van der Waals surface area contributed by atoms with Crippen molar-refractivity contribution in [2.24, 2.45) is 0 Å². The van der Waals surface area contributed by atoms with Crippen LogP contribution in [0, 0.1) is 0 Å². The van der Waals surface area contributed by atoms with Gasteiger partial charge in [-0.15, -0.1) is 0 Å². The molecular weight excluding hydrogens is 325 g/mol. The average molecular weight is 344 g/mol. The molecule has 0 amide bonds. The molecule has 4 nitrogen and oxygen atoms in total. The van der Waals surface area contributed by atoms with Crippen LogP contribution in [0.5, 0.6) is 0 Å². The van der Waals surface area contributed by atoms with E-state index in [2.05, 4.69) is 15.2 Å². The van der Waals surface area contributed by atoms with Gasteiger partial charge in [0.05, 0.1) is 16.1 Å². The number of hydrogen-bond donors (Lipinski definition) is 2. The monoisotopic (exact) mass is 344 g/mol. The lowest BCUT2D eigenvalue weighted by molar-refractivity contribution is -0.137. The van der Waals surface area contributed by atoms with Gasteiger partial charge in [0.2, 0.25) is 0 Å². The minimum atomic E-state index is -4.33. The number of anilines is 1. The molecule has 0 atom stereocenters. The summed E-state index contributed by atoms with van der Waals surface area (Å²) in [5.74, 6) is 0. The molecule has 0 bridgehead atoms. The summed E-state index contributed by atoms with van der Waals surface area (Å²) in [5, 5.41) is 3.48. The molecule has 2 rings (SSSR count). The summed E-state index contributed by atoms with van der Waals surface area (Å²) in [4.78, 5) is 7.21. The number of nitrogens with zero attached hydrogens (tertiary/aromatic N) is 2. The van der Waals surface area contributed by atoms with Crippen molar-refractivity contribution >= 4 is 16.5 Å². The maximum absolute atomic E-state index is 12.7. The Morgan fingerprint density at radius 1 is 1.26 bits per heavy atom. The van der Waals surface area contributed by atoms with E-state index in [0.717, 1.165) is 35.8 Å². The molecular formula is C15H19F3N4S. The van der Waals surface area contributed by atoms with Gasteiger partial charge in [0.25, 0.3) is 0 Å². The Kier molecular flexibility index (Phi) is 5.61. The average Bonchev–Trinajstić information content (AvgIpc) is 2.85. The predicted octanol–water partition coefficient (Wildman–Crippen LogP) is 3.06. The van der Waals surface area contributed by atoms with Gasteiger partial charge >= 0.3 is 6.18 Å². The summed E-state index contributed by atoms with van der Waals surface area (Å²) >= 11 is 1.29. The predicted molar refractivity (Wildman–Crippen MR) is 87.2 cm³/mol. The van der Waals surface area contributed by atoms with Crippen LogP contribution in [-0.2, 0) is 12.7 Å². The van der Waals surface area contributed by atoms with Gasteiger partial charge in [-0.1, -0.05) is 23.5 Å². The summed E-state index contributed by atoms with van der Waals surface area (Å²) in [6, 6.07) is 5.10. The number of rotatable bonds is 6. The van der Waals surface area contributed by atoms with Gasteiger partial charge in [-0.05, 0) is 31.8 Å². The molecule has 1 aromatic heterocycles. The maximum atomic E-state index is 12.7. The summed E-state index contributed by atoms with van der Waals surface area (Å²) in [7, 11) is 3.84. The zero-order chi connectivity index (χ0) is 17.0. The van der Waals surface area contributed by atoms with Crippen molar-refractivity contribution in [1.82, 2.24) is 15.2 Å². The summed E-state index contributed by atoms with van der Waals surface area (Å²) in [5.41, 5.74) is 6.61. The fraction of sp³-hybridized carbons (Fsp3) is 0.400. The lowest BCUT2D eigenvalue weighted by atomic mass is 10.1. The highest BCUT2D eigenvalue weighted by atomic mass is 32.1. The first-order valence-electron chi connectivity index (χ1n) is 7.07. The third-order valence-electron chi connectivity index (χ3n) is 3.35. The smallest absolute Gasteiger partial charge is 0.375 e. The minimum Gasteiger partial charge on any atom is -0.375 e. The van der Waals surface area contributed by atoms with E-state index in [1.807, 2.05) is 14.1 Å². The highest BCUT2D eigenvalue weighted by Crippen LogP contribution is 2.35. The fourth-order valence-corrected chi connectivity index (χ4v) is 3.00. The largest absolute Gasteiger partial charge is 0.416 e. The van der Waals surface area contributed by atoms with Crippen LogP contribution < -0.4 is 11.1 Å². The van der Waals surface area contributed by atoms with E-state index < -0.39 is 11.7 Å². The second-order valence-corrected chi connectivity index (χ2v) is 6.28. The first-order chi connectivity index (χ1) is 10.8. The molecule has 8 heteroatoms. The molecule has 0 saturated carbocycles. The molecule has 2 aromatic rings. The van der Waals surface area contributed by atoms with Gasteiger partial charge in [0.15, 0.2) is 5.13 Å². The summed E-state index contributed by atoms with van der Waals surface area (Å²) in [6.07, 6.45) is -4.33. The molecule has 0 aliphatic rings. The van der Waals surface area contributed by atoms with E-state index in [-0.39, 0.29) is 0 Å². The third kappa shape index (κ3) is 4.66. The normalized spacial score (nSPS) is 12.1. The van der Waals surface area contributed by atoms with Crippen LogP contribution in [0.2, 0.25) is 0 Å². The summed E-state index contributed by atoms with van der Waals surface area (Å²) < 4.78 is 38.0. The molecule has 0 aliphatic heterocycles. The number of hydrogen-bond acceptors (Lipinski definition) is 5. The van der Waals surface area contributed by atoms with Crippen LogP contribution in [-0.4, -0.2) is 37.1 Å². The van der Waals surface area contributed by atoms with Crippen molar-refractivity contribution in [3.8, 4) is 10.4 Å². The van der Waals surface area contributed by atoms with Crippen LogP contribution in [0.25, 0.3) is 10.4 Å². The molecule has 1 heterocycles. The van der Waals surface area contributed by atoms with Crippen molar-refractivity contribution in [3.63, 3.8) is 0 Å². The highest BCUT2D eigenvalue weighted by Gasteiger charge is 2.30. The lowest BCUT2D eigenvalue weighted by Crippen LogP contribution is -2.27. The van der Waals surface area contributed by atoms with Crippen molar-refractivity contribution in [1.29, 1.82) is 0 Å². The van der Waals surface area contributed by atoms with Gasteiger partial charge in [0.1, 0.15) is 0 Å². The summed E-state index contributed by atoms with van der Waals surface area (Å²) in [6.45, 7) is 2.26. The van der Waals surface area contributed by atoms with E-state index in [1.165, 1.54) is 23.5 Å².